The molecule has 0 bridgehead atoms. The molecule has 1 atom stereocenters. The fourth-order valence-corrected chi connectivity index (χ4v) is 2.20. The molecule has 1 aromatic carbocycles. The van der Waals surface area contributed by atoms with Crippen molar-refractivity contribution in [3.8, 4) is 11.8 Å². The fraction of sp³-hybridized carbons (Fsp3) is 0.412. The first-order valence-electron chi connectivity index (χ1n) is 7.50. The van der Waals surface area contributed by atoms with Crippen molar-refractivity contribution in [2.75, 3.05) is 19.8 Å². The van der Waals surface area contributed by atoms with E-state index in [9.17, 15) is 4.79 Å². The summed E-state index contributed by atoms with van der Waals surface area (Å²) in [6.07, 6.45) is 5.37. The van der Waals surface area contributed by atoms with E-state index in [0.717, 1.165) is 31.9 Å². The lowest BCUT2D eigenvalue weighted by Gasteiger charge is -2.22. The van der Waals surface area contributed by atoms with Crippen LogP contribution in [0.5, 0.6) is 5.75 Å². The zero-order valence-corrected chi connectivity index (χ0v) is 12.7. The topological polar surface area (TPSA) is 88.8 Å². The molecule has 1 N–H and O–H groups in total. The summed E-state index contributed by atoms with van der Waals surface area (Å²) in [5.74, 6) is -0.620. The third-order valence-electron chi connectivity index (χ3n) is 3.33. The third-order valence-corrected chi connectivity index (χ3v) is 3.33. The van der Waals surface area contributed by atoms with Gasteiger partial charge in [-0.25, -0.2) is 4.79 Å². The summed E-state index contributed by atoms with van der Waals surface area (Å²) >= 11 is 0. The predicted octanol–water partition coefficient (Wildman–Crippen LogP) is 2.58. The van der Waals surface area contributed by atoms with Gasteiger partial charge in [0.15, 0.2) is 6.29 Å². The number of benzene rings is 1. The molecule has 1 heterocycles. The van der Waals surface area contributed by atoms with E-state index in [1.165, 1.54) is 6.08 Å². The van der Waals surface area contributed by atoms with Crippen LogP contribution in [0.15, 0.2) is 24.3 Å². The second-order valence-corrected chi connectivity index (χ2v) is 5.05. The highest BCUT2D eigenvalue weighted by atomic mass is 16.7. The van der Waals surface area contributed by atoms with Gasteiger partial charge in [0.2, 0.25) is 0 Å². The number of hydrogen-bond acceptors (Lipinski definition) is 5. The molecule has 1 aromatic rings. The van der Waals surface area contributed by atoms with Crippen molar-refractivity contribution in [1.82, 2.24) is 0 Å². The molecule has 0 amide bonds. The molecule has 0 spiro atoms. The van der Waals surface area contributed by atoms with Crippen LogP contribution in [-0.2, 0) is 14.3 Å². The number of hydrogen-bond donors (Lipinski definition) is 1. The van der Waals surface area contributed by atoms with Gasteiger partial charge in [0.05, 0.1) is 12.2 Å². The van der Waals surface area contributed by atoms with E-state index in [1.54, 1.807) is 18.2 Å². The molecule has 2 rings (SSSR count). The molecular formula is C17H19NO5. The Morgan fingerprint density at radius 1 is 1.43 bits per heavy atom. The fourth-order valence-electron chi connectivity index (χ4n) is 2.20. The van der Waals surface area contributed by atoms with E-state index >= 15 is 0 Å². The number of rotatable bonds is 7. The van der Waals surface area contributed by atoms with Crippen LogP contribution < -0.4 is 4.74 Å². The van der Waals surface area contributed by atoms with Crippen LogP contribution >= 0.6 is 0 Å². The maximum Gasteiger partial charge on any atom is 0.328 e. The van der Waals surface area contributed by atoms with E-state index < -0.39 is 5.97 Å². The average molecular weight is 317 g/mol. The van der Waals surface area contributed by atoms with Crippen LogP contribution in [0.4, 0.5) is 0 Å². The highest BCUT2D eigenvalue weighted by Crippen LogP contribution is 2.21. The number of nitrogens with zero attached hydrogens (tertiary/aromatic N) is 1. The van der Waals surface area contributed by atoms with Gasteiger partial charge in [0.1, 0.15) is 18.4 Å². The molecule has 0 aromatic heterocycles. The highest BCUT2D eigenvalue weighted by Gasteiger charge is 2.13. The minimum Gasteiger partial charge on any atom is -0.490 e. The van der Waals surface area contributed by atoms with Crippen molar-refractivity contribution in [2.24, 2.45) is 0 Å². The number of carbonyl (C=O) groups is 1. The third kappa shape index (κ3) is 5.74. The van der Waals surface area contributed by atoms with Crippen LogP contribution in [-0.4, -0.2) is 37.2 Å². The molecular weight excluding hydrogens is 298 g/mol. The van der Waals surface area contributed by atoms with Crippen molar-refractivity contribution in [3.63, 3.8) is 0 Å². The summed E-state index contributed by atoms with van der Waals surface area (Å²) in [5.41, 5.74) is 1.05. The lowest BCUT2D eigenvalue weighted by molar-refractivity contribution is -0.165. The molecule has 1 fully saturated rings. The molecule has 122 valence electrons. The maximum atomic E-state index is 10.5. The Hall–Kier alpha value is -2.36. The molecule has 1 unspecified atom stereocenters. The molecule has 0 radical (unpaired) electrons. The minimum absolute atomic E-state index is 0.173. The largest absolute Gasteiger partial charge is 0.490 e. The quantitative estimate of drug-likeness (QED) is 0.614. The first-order valence-corrected chi connectivity index (χ1v) is 7.50. The van der Waals surface area contributed by atoms with E-state index in [4.69, 9.17) is 24.6 Å². The number of carboxylic acids is 1. The van der Waals surface area contributed by atoms with E-state index in [-0.39, 0.29) is 6.29 Å². The van der Waals surface area contributed by atoms with Crippen molar-refractivity contribution in [3.05, 3.63) is 35.4 Å². The van der Waals surface area contributed by atoms with Gasteiger partial charge in [0.25, 0.3) is 0 Å². The molecule has 6 heteroatoms. The second kappa shape index (κ2) is 8.93. The Kier molecular flexibility index (Phi) is 6.60. The van der Waals surface area contributed by atoms with Crippen LogP contribution in [0.1, 0.15) is 30.4 Å². The Balaban J connectivity index is 1.88. The molecule has 0 saturated carbocycles. The van der Waals surface area contributed by atoms with Gasteiger partial charge in [-0.05, 0) is 43.0 Å². The minimum atomic E-state index is -1.03. The Bertz CT molecular complexity index is 599. The zero-order valence-electron chi connectivity index (χ0n) is 12.7. The van der Waals surface area contributed by atoms with Crippen molar-refractivity contribution in [1.29, 1.82) is 5.26 Å². The maximum absolute atomic E-state index is 10.5. The first kappa shape index (κ1) is 17.0. The normalized spacial score (nSPS) is 17.8. The van der Waals surface area contributed by atoms with Crippen LogP contribution in [0.25, 0.3) is 6.08 Å². The number of nitriles is 1. The summed E-state index contributed by atoms with van der Waals surface area (Å²) in [4.78, 5) is 10.5. The van der Waals surface area contributed by atoms with E-state index in [0.29, 0.717) is 30.1 Å². The predicted molar refractivity (Wildman–Crippen MR) is 82.9 cm³/mol. The van der Waals surface area contributed by atoms with Crippen LogP contribution in [0, 0.1) is 11.3 Å². The second-order valence-electron chi connectivity index (χ2n) is 5.05. The van der Waals surface area contributed by atoms with Gasteiger partial charge in [-0.15, -0.1) is 0 Å². The molecule has 1 aliphatic heterocycles. The van der Waals surface area contributed by atoms with E-state index in [1.807, 2.05) is 6.07 Å². The lowest BCUT2D eigenvalue weighted by atomic mass is 10.1. The highest BCUT2D eigenvalue weighted by molar-refractivity contribution is 5.85. The molecule has 1 aliphatic rings. The number of ether oxygens (including phenoxy) is 3. The summed E-state index contributed by atoms with van der Waals surface area (Å²) in [5, 5.41) is 17.7. The van der Waals surface area contributed by atoms with Crippen molar-refractivity contribution < 1.29 is 24.1 Å². The monoisotopic (exact) mass is 317 g/mol. The van der Waals surface area contributed by atoms with Crippen molar-refractivity contribution in [2.45, 2.75) is 25.6 Å². The van der Waals surface area contributed by atoms with Gasteiger partial charge < -0.3 is 19.3 Å². The average Bonchev–Trinajstić information content (AvgIpc) is 2.58. The van der Waals surface area contributed by atoms with Crippen molar-refractivity contribution >= 4 is 12.0 Å². The lowest BCUT2D eigenvalue weighted by Crippen LogP contribution is -2.24. The molecule has 0 aliphatic carbocycles. The molecule has 23 heavy (non-hydrogen) atoms. The van der Waals surface area contributed by atoms with Crippen LogP contribution in [0.3, 0.4) is 0 Å². The van der Waals surface area contributed by atoms with Gasteiger partial charge in [-0.2, -0.15) is 5.26 Å². The smallest absolute Gasteiger partial charge is 0.328 e. The zero-order chi connectivity index (χ0) is 16.5. The summed E-state index contributed by atoms with van der Waals surface area (Å²) in [6, 6.07) is 6.94. The molecule has 1 saturated heterocycles. The number of aliphatic carboxylic acids is 1. The van der Waals surface area contributed by atoms with Gasteiger partial charge in [0, 0.05) is 12.7 Å². The summed E-state index contributed by atoms with van der Waals surface area (Å²) in [6.45, 7) is 1.38. The Morgan fingerprint density at radius 2 is 2.30 bits per heavy atom. The van der Waals surface area contributed by atoms with Gasteiger partial charge >= 0.3 is 5.97 Å². The number of carboxylic acid groups (broad SMARTS) is 1. The van der Waals surface area contributed by atoms with E-state index in [2.05, 4.69) is 0 Å². The first-order chi connectivity index (χ1) is 11.2. The van der Waals surface area contributed by atoms with Crippen LogP contribution in [0.2, 0.25) is 0 Å². The standard InChI is InChI=1S/C17H19NO5/c18-12-14-6-4-13(5-7-16(19)20)11-15(14)21-9-10-23-17-3-1-2-8-22-17/h4-7,11,17H,1-3,8-10H2,(H,19,20)/b7-5+. The summed E-state index contributed by atoms with van der Waals surface area (Å²) in [7, 11) is 0. The van der Waals surface area contributed by atoms with Gasteiger partial charge in [-0.3, -0.25) is 0 Å². The Morgan fingerprint density at radius 3 is 3.00 bits per heavy atom. The SMILES string of the molecule is N#Cc1ccc(/C=C/C(=O)O)cc1OCCOC1CCCCO1. The molecule has 6 nitrogen and oxygen atoms in total. The summed E-state index contributed by atoms with van der Waals surface area (Å²) < 4.78 is 16.6. The van der Waals surface area contributed by atoms with Gasteiger partial charge in [-0.1, -0.05) is 6.07 Å². The Labute approximate surface area is 134 Å².